The minimum absolute atomic E-state index is 0.134. The maximum Gasteiger partial charge on any atom is 0.419 e. The molecular formula is C10H10F4O. The standard InChI is InChI=1S/C10H10F4O/c1-6(15)4-7-2-3-8(9(11)5-7)10(12,13)14/h2-3,5-6,15H,4H2,1H3. The zero-order valence-corrected chi connectivity index (χ0v) is 7.98. The van der Waals surface area contributed by atoms with Gasteiger partial charge in [-0.3, -0.25) is 0 Å². The minimum atomic E-state index is -4.67. The lowest BCUT2D eigenvalue weighted by molar-refractivity contribution is -0.140. The summed E-state index contributed by atoms with van der Waals surface area (Å²) in [5.74, 6) is -1.30. The van der Waals surface area contributed by atoms with Crippen molar-refractivity contribution in [3.05, 3.63) is 35.1 Å². The van der Waals surface area contributed by atoms with Gasteiger partial charge in [0.2, 0.25) is 0 Å². The molecule has 0 radical (unpaired) electrons. The molecule has 84 valence electrons. The van der Waals surface area contributed by atoms with Crippen molar-refractivity contribution < 1.29 is 22.7 Å². The zero-order chi connectivity index (χ0) is 11.6. The van der Waals surface area contributed by atoms with Crippen LogP contribution in [0.4, 0.5) is 17.6 Å². The number of hydrogen-bond acceptors (Lipinski definition) is 1. The molecule has 1 rings (SSSR count). The Morgan fingerprint density at radius 1 is 1.33 bits per heavy atom. The average molecular weight is 222 g/mol. The van der Waals surface area contributed by atoms with Gasteiger partial charge >= 0.3 is 6.18 Å². The van der Waals surface area contributed by atoms with Crippen LogP contribution in [0.3, 0.4) is 0 Å². The van der Waals surface area contributed by atoms with Crippen LogP contribution in [-0.2, 0) is 12.6 Å². The topological polar surface area (TPSA) is 20.2 Å². The Balaban J connectivity index is 2.99. The molecule has 1 nitrogen and oxygen atoms in total. The number of alkyl halides is 3. The third kappa shape index (κ3) is 3.20. The number of hydrogen-bond donors (Lipinski definition) is 1. The summed E-state index contributed by atoms with van der Waals surface area (Å²) in [5, 5.41) is 8.98. The molecule has 0 amide bonds. The maximum absolute atomic E-state index is 13.0. The molecule has 1 atom stereocenters. The lowest BCUT2D eigenvalue weighted by atomic mass is 10.1. The summed E-state index contributed by atoms with van der Waals surface area (Å²) >= 11 is 0. The van der Waals surface area contributed by atoms with E-state index in [1.807, 2.05) is 0 Å². The first kappa shape index (κ1) is 12.0. The lowest BCUT2D eigenvalue weighted by Gasteiger charge is -2.10. The van der Waals surface area contributed by atoms with Crippen LogP contribution in [-0.4, -0.2) is 11.2 Å². The molecule has 0 heterocycles. The molecule has 1 N–H and O–H groups in total. The van der Waals surface area contributed by atoms with Crippen molar-refractivity contribution in [2.24, 2.45) is 0 Å². The van der Waals surface area contributed by atoms with Gasteiger partial charge in [0.1, 0.15) is 5.82 Å². The average Bonchev–Trinajstić information content (AvgIpc) is 1.99. The third-order valence-electron chi connectivity index (χ3n) is 1.87. The fourth-order valence-corrected chi connectivity index (χ4v) is 1.26. The molecular weight excluding hydrogens is 212 g/mol. The molecule has 1 unspecified atom stereocenters. The van der Waals surface area contributed by atoms with Crippen molar-refractivity contribution in [2.45, 2.75) is 25.6 Å². The molecule has 0 aliphatic carbocycles. The molecule has 1 aromatic carbocycles. The largest absolute Gasteiger partial charge is 0.419 e. The van der Waals surface area contributed by atoms with Crippen molar-refractivity contribution in [3.63, 3.8) is 0 Å². The second kappa shape index (κ2) is 4.18. The van der Waals surface area contributed by atoms with E-state index in [0.717, 1.165) is 6.07 Å². The van der Waals surface area contributed by atoms with Crippen LogP contribution in [0.2, 0.25) is 0 Å². The Morgan fingerprint density at radius 3 is 2.33 bits per heavy atom. The van der Waals surface area contributed by atoms with Gasteiger partial charge in [0.05, 0.1) is 11.7 Å². The Labute approximate surface area is 84.3 Å². The zero-order valence-electron chi connectivity index (χ0n) is 7.98. The highest BCUT2D eigenvalue weighted by Gasteiger charge is 2.33. The molecule has 0 aliphatic heterocycles. The van der Waals surface area contributed by atoms with E-state index < -0.39 is 23.7 Å². The van der Waals surface area contributed by atoms with Gasteiger partial charge in [-0.2, -0.15) is 13.2 Å². The highest BCUT2D eigenvalue weighted by Crippen LogP contribution is 2.31. The summed E-state index contributed by atoms with van der Waals surface area (Å²) in [6.07, 6.45) is -5.25. The molecule has 0 saturated carbocycles. The van der Waals surface area contributed by atoms with Gasteiger partial charge in [-0.05, 0) is 31.0 Å². The summed E-state index contributed by atoms with van der Waals surface area (Å²) in [6.45, 7) is 1.48. The summed E-state index contributed by atoms with van der Waals surface area (Å²) < 4.78 is 49.5. The van der Waals surface area contributed by atoms with Crippen LogP contribution < -0.4 is 0 Å². The van der Waals surface area contributed by atoms with Crippen molar-refractivity contribution >= 4 is 0 Å². The Bertz CT molecular complexity index is 344. The molecule has 0 spiro atoms. The Kier molecular flexibility index (Phi) is 3.34. The number of benzene rings is 1. The SMILES string of the molecule is CC(O)Cc1ccc(C(F)(F)F)c(F)c1. The highest BCUT2D eigenvalue weighted by atomic mass is 19.4. The van der Waals surface area contributed by atoms with Gasteiger partial charge in [0, 0.05) is 0 Å². The fourth-order valence-electron chi connectivity index (χ4n) is 1.26. The summed E-state index contributed by atoms with van der Waals surface area (Å²) in [6, 6.07) is 2.65. The first-order chi connectivity index (χ1) is 6.80. The van der Waals surface area contributed by atoms with Gasteiger partial charge in [-0.15, -0.1) is 0 Å². The maximum atomic E-state index is 13.0. The first-order valence-corrected chi connectivity index (χ1v) is 4.34. The van der Waals surface area contributed by atoms with Crippen molar-refractivity contribution in [1.82, 2.24) is 0 Å². The van der Waals surface area contributed by atoms with Gasteiger partial charge in [0.25, 0.3) is 0 Å². The summed E-state index contributed by atoms with van der Waals surface area (Å²) in [5.41, 5.74) is -0.938. The molecule has 0 aromatic heterocycles. The molecule has 5 heteroatoms. The van der Waals surface area contributed by atoms with Gasteiger partial charge < -0.3 is 5.11 Å². The van der Waals surface area contributed by atoms with Gasteiger partial charge in [-0.25, -0.2) is 4.39 Å². The predicted octanol–water partition coefficient (Wildman–Crippen LogP) is 2.77. The first-order valence-electron chi connectivity index (χ1n) is 4.34. The minimum Gasteiger partial charge on any atom is -0.393 e. The number of aliphatic hydroxyl groups is 1. The van der Waals surface area contributed by atoms with Crippen molar-refractivity contribution in [1.29, 1.82) is 0 Å². The van der Waals surface area contributed by atoms with Crippen molar-refractivity contribution in [3.8, 4) is 0 Å². The number of halogens is 4. The van der Waals surface area contributed by atoms with Gasteiger partial charge in [-0.1, -0.05) is 6.07 Å². The number of aliphatic hydroxyl groups excluding tert-OH is 1. The van der Waals surface area contributed by atoms with Gasteiger partial charge in [0.15, 0.2) is 0 Å². The molecule has 0 bridgehead atoms. The van der Waals surface area contributed by atoms with Crippen LogP contribution >= 0.6 is 0 Å². The predicted molar refractivity (Wildman–Crippen MR) is 46.8 cm³/mol. The second-order valence-corrected chi connectivity index (χ2v) is 3.37. The van der Waals surface area contributed by atoms with E-state index in [9.17, 15) is 17.6 Å². The van der Waals surface area contributed by atoms with Crippen LogP contribution in [0.1, 0.15) is 18.1 Å². The Morgan fingerprint density at radius 2 is 1.93 bits per heavy atom. The van der Waals surface area contributed by atoms with Crippen LogP contribution in [0.15, 0.2) is 18.2 Å². The second-order valence-electron chi connectivity index (χ2n) is 3.37. The van der Waals surface area contributed by atoms with E-state index in [1.54, 1.807) is 0 Å². The summed E-state index contributed by atoms with van der Waals surface area (Å²) in [7, 11) is 0. The van der Waals surface area contributed by atoms with Crippen LogP contribution in [0, 0.1) is 5.82 Å². The lowest BCUT2D eigenvalue weighted by Crippen LogP contribution is -2.10. The smallest absolute Gasteiger partial charge is 0.393 e. The quantitative estimate of drug-likeness (QED) is 0.763. The van der Waals surface area contributed by atoms with E-state index in [1.165, 1.54) is 13.0 Å². The van der Waals surface area contributed by atoms with E-state index in [-0.39, 0.29) is 6.42 Å². The molecule has 0 aliphatic rings. The third-order valence-corrected chi connectivity index (χ3v) is 1.87. The molecule has 15 heavy (non-hydrogen) atoms. The van der Waals surface area contributed by atoms with E-state index >= 15 is 0 Å². The van der Waals surface area contributed by atoms with E-state index in [2.05, 4.69) is 0 Å². The molecule has 0 fully saturated rings. The summed E-state index contributed by atoms with van der Waals surface area (Å²) in [4.78, 5) is 0. The van der Waals surface area contributed by atoms with Crippen LogP contribution in [0.5, 0.6) is 0 Å². The van der Waals surface area contributed by atoms with Crippen molar-refractivity contribution in [2.75, 3.05) is 0 Å². The number of rotatable bonds is 2. The Hall–Kier alpha value is -1.10. The van der Waals surface area contributed by atoms with E-state index in [4.69, 9.17) is 5.11 Å². The fraction of sp³-hybridized carbons (Fsp3) is 0.400. The molecule has 0 saturated heterocycles. The van der Waals surface area contributed by atoms with Crippen LogP contribution in [0.25, 0.3) is 0 Å². The molecule has 1 aromatic rings. The van der Waals surface area contributed by atoms with E-state index in [0.29, 0.717) is 11.6 Å². The highest BCUT2D eigenvalue weighted by molar-refractivity contribution is 5.26. The normalized spacial score (nSPS) is 14.0. The monoisotopic (exact) mass is 222 g/mol.